The first-order valence-electron chi connectivity index (χ1n) is 7.00. The van der Waals surface area contributed by atoms with Crippen molar-refractivity contribution < 1.29 is 5.11 Å². The lowest BCUT2D eigenvalue weighted by Gasteiger charge is -2.20. The van der Waals surface area contributed by atoms with Gasteiger partial charge in [-0.25, -0.2) is 0 Å². The average Bonchev–Trinajstić information content (AvgIpc) is 2.52. The number of aryl methyl sites for hydroxylation is 1. The van der Waals surface area contributed by atoms with Crippen LogP contribution in [0.25, 0.3) is 0 Å². The number of rotatable bonds is 7. The summed E-state index contributed by atoms with van der Waals surface area (Å²) in [5.41, 5.74) is 8.36. The van der Waals surface area contributed by atoms with E-state index in [0.717, 1.165) is 6.42 Å². The molecule has 0 spiro atoms. The van der Waals surface area contributed by atoms with E-state index in [0.29, 0.717) is 13.0 Å². The van der Waals surface area contributed by atoms with Gasteiger partial charge in [-0.3, -0.25) is 5.32 Å². The number of nitrogens with one attached hydrogen (secondary N) is 1. The third kappa shape index (κ3) is 4.78. The van der Waals surface area contributed by atoms with E-state index in [1.165, 1.54) is 11.1 Å². The number of nitrogens with two attached hydrogens (primary N) is 1. The predicted molar refractivity (Wildman–Crippen MR) is 82.0 cm³/mol. The van der Waals surface area contributed by atoms with E-state index >= 15 is 0 Å². The van der Waals surface area contributed by atoms with Crippen LogP contribution < -0.4 is 11.1 Å². The maximum atomic E-state index is 10.1. The number of hydrogen-bond donors (Lipinski definition) is 3. The van der Waals surface area contributed by atoms with Crippen molar-refractivity contribution in [3.05, 3.63) is 71.8 Å². The third-order valence-corrected chi connectivity index (χ3v) is 3.37. The van der Waals surface area contributed by atoms with Crippen molar-refractivity contribution in [2.24, 2.45) is 5.73 Å². The fourth-order valence-electron chi connectivity index (χ4n) is 2.11. The summed E-state index contributed by atoms with van der Waals surface area (Å²) in [5.74, 6) is 0. The number of hydrogen-bond acceptors (Lipinski definition) is 3. The SMILES string of the molecule is NC(NCc1ccccc1)C(O)CCc1ccccc1. The van der Waals surface area contributed by atoms with Gasteiger partial charge in [0.15, 0.2) is 0 Å². The number of aliphatic hydroxyl groups excluding tert-OH is 1. The molecule has 4 N–H and O–H groups in total. The molecule has 0 radical (unpaired) electrons. The van der Waals surface area contributed by atoms with Gasteiger partial charge in [0.2, 0.25) is 0 Å². The van der Waals surface area contributed by atoms with E-state index in [4.69, 9.17) is 5.73 Å². The second-order valence-corrected chi connectivity index (χ2v) is 4.98. The molecule has 3 heteroatoms. The molecule has 0 aliphatic heterocycles. The van der Waals surface area contributed by atoms with Crippen LogP contribution >= 0.6 is 0 Å². The number of aliphatic hydroxyl groups is 1. The Morgan fingerprint density at radius 1 is 0.900 bits per heavy atom. The Morgan fingerprint density at radius 3 is 2.05 bits per heavy atom. The number of benzene rings is 2. The first kappa shape index (κ1) is 14.7. The lowest BCUT2D eigenvalue weighted by Crippen LogP contribution is -2.46. The summed E-state index contributed by atoms with van der Waals surface area (Å²) in [7, 11) is 0. The van der Waals surface area contributed by atoms with E-state index < -0.39 is 12.3 Å². The molecule has 0 saturated heterocycles. The molecule has 0 aromatic heterocycles. The van der Waals surface area contributed by atoms with Crippen molar-refractivity contribution in [2.45, 2.75) is 31.7 Å². The first-order chi connectivity index (χ1) is 9.75. The molecule has 2 aromatic carbocycles. The molecule has 2 unspecified atom stereocenters. The summed E-state index contributed by atoms with van der Waals surface area (Å²) in [6.45, 7) is 0.671. The van der Waals surface area contributed by atoms with Crippen molar-refractivity contribution in [3.8, 4) is 0 Å². The summed E-state index contributed by atoms with van der Waals surface area (Å²) in [6, 6.07) is 20.2. The lowest BCUT2D eigenvalue weighted by atomic mass is 10.1. The summed E-state index contributed by atoms with van der Waals surface area (Å²) >= 11 is 0. The van der Waals surface area contributed by atoms with E-state index in [-0.39, 0.29) is 0 Å². The van der Waals surface area contributed by atoms with E-state index in [2.05, 4.69) is 17.4 Å². The van der Waals surface area contributed by atoms with Gasteiger partial charge < -0.3 is 10.8 Å². The van der Waals surface area contributed by atoms with Crippen LogP contribution in [0.4, 0.5) is 0 Å². The molecule has 2 rings (SSSR count). The molecule has 0 bridgehead atoms. The first-order valence-corrected chi connectivity index (χ1v) is 7.00. The highest BCUT2D eigenvalue weighted by molar-refractivity contribution is 5.15. The minimum atomic E-state index is -0.543. The minimum absolute atomic E-state index is 0.404. The molecule has 20 heavy (non-hydrogen) atoms. The minimum Gasteiger partial charge on any atom is -0.390 e. The highest BCUT2D eigenvalue weighted by atomic mass is 16.3. The maximum Gasteiger partial charge on any atom is 0.0825 e. The Hall–Kier alpha value is -1.68. The maximum absolute atomic E-state index is 10.1. The Labute approximate surface area is 120 Å². The highest BCUT2D eigenvalue weighted by Crippen LogP contribution is 2.06. The largest absolute Gasteiger partial charge is 0.390 e. The lowest BCUT2D eigenvalue weighted by molar-refractivity contribution is 0.120. The summed E-state index contributed by atoms with van der Waals surface area (Å²) in [4.78, 5) is 0. The van der Waals surface area contributed by atoms with Gasteiger partial charge >= 0.3 is 0 Å². The molecule has 0 saturated carbocycles. The molecule has 0 heterocycles. The molecule has 0 amide bonds. The Kier molecular flexibility index (Phi) is 5.74. The van der Waals surface area contributed by atoms with Crippen LogP contribution in [0.1, 0.15) is 17.5 Å². The van der Waals surface area contributed by atoms with Crippen LogP contribution in [0.2, 0.25) is 0 Å². The van der Waals surface area contributed by atoms with Crippen molar-refractivity contribution in [3.63, 3.8) is 0 Å². The fraction of sp³-hybridized carbons (Fsp3) is 0.294. The highest BCUT2D eigenvalue weighted by Gasteiger charge is 2.13. The average molecular weight is 270 g/mol. The monoisotopic (exact) mass is 270 g/mol. The standard InChI is InChI=1S/C17H22N2O/c18-17(19-13-15-9-5-2-6-10-15)16(20)12-11-14-7-3-1-4-8-14/h1-10,16-17,19-20H,11-13,18H2. The second kappa shape index (κ2) is 7.80. The van der Waals surface area contributed by atoms with Gasteiger partial charge in [0.25, 0.3) is 0 Å². The smallest absolute Gasteiger partial charge is 0.0825 e. The van der Waals surface area contributed by atoms with Crippen molar-refractivity contribution in [2.75, 3.05) is 0 Å². The normalized spacial score (nSPS) is 13.9. The molecule has 0 aliphatic carbocycles. The topological polar surface area (TPSA) is 58.3 Å². The quantitative estimate of drug-likeness (QED) is 0.675. The van der Waals surface area contributed by atoms with E-state index in [1.807, 2.05) is 48.5 Å². The molecule has 2 atom stereocenters. The van der Waals surface area contributed by atoms with E-state index in [1.54, 1.807) is 0 Å². The van der Waals surface area contributed by atoms with E-state index in [9.17, 15) is 5.11 Å². The zero-order chi connectivity index (χ0) is 14.2. The zero-order valence-corrected chi connectivity index (χ0v) is 11.6. The van der Waals surface area contributed by atoms with Gasteiger partial charge in [-0.05, 0) is 24.0 Å². The molecular weight excluding hydrogens is 248 g/mol. The zero-order valence-electron chi connectivity index (χ0n) is 11.6. The second-order valence-electron chi connectivity index (χ2n) is 4.98. The third-order valence-electron chi connectivity index (χ3n) is 3.37. The predicted octanol–water partition coefficient (Wildman–Crippen LogP) is 2.05. The molecule has 2 aromatic rings. The van der Waals surface area contributed by atoms with Gasteiger partial charge in [-0.2, -0.15) is 0 Å². The Morgan fingerprint density at radius 2 is 1.45 bits per heavy atom. The summed E-state index contributed by atoms with van der Waals surface area (Å²) < 4.78 is 0. The van der Waals surface area contributed by atoms with Crippen LogP contribution in [0.15, 0.2) is 60.7 Å². The van der Waals surface area contributed by atoms with Crippen molar-refractivity contribution >= 4 is 0 Å². The Bertz CT molecular complexity index is 439. The van der Waals surface area contributed by atoms with Crippen LogP contribution in [-0.4, -0.2) is 17.4 Å². The van der Waals surface area contributed by atoms with Crippen LogP contribution in [0.3, 0.4) is 0 Å². The fourth-order valence-corrected chi connectivity index (χ4v) is 2.11. The van der Waals surface area contributed by atoms with Gasteiger partial charge in [0.05, 0.1) is 12.3 Å². The van der Waals surface area contributed by atoms with Gasteiger partial charge in [0, 0.05) is 6.54 Å². The molecule has 3 nitrogen and oxygen atoms in total. The van der Waals surface area contributed by atoms with Crippen molar-refractivity contribution in [1.82, 2.24) is 5.32 Å². The van der Waals surface area contributed by atoms with Gasteiger partial charge in [-0.1, -0.05) is 60.7 Å². The van der Waals surface area contributed by atoms with Crippen LogP contribution in [0.5, 0.6) is 0 Å². The molecular formula is C17H22N2O. The molecule has 0 aliphatic rings. The molecule has 106 valence electrons. The van der Waals surface area contributed by atoms with Crippen LogP contribution in [-0.2, 0) is 13.0 Å². The van der Waals surface area contributed by atoms with Crippen molar-refractivity contribution in [1.29, 1.82) is 0 Å². The van der Waals surface area contributed by atoms with Crippen LogP contribution in [0, 0.1) is 0 Å². The molecule has 0 fully saturated rings. The summed E-state index contributed by atoms with van der Waals surface area (Å²) in [5, 5.41) is 13.2. The summed E-state index contributed by atoms with van der Waals surface area (Å²) in [6.07, 6.45) is 0.549. The van der Waals surface area contributed by atoms with Gasteiger partial charge in [-0.15, -0.1) is 0 Å². The van der Waals surface area contributed by atoms with Gasteiger partial charge in [0.1, 0.15) is 0 Å². The Balaban J connectivity index is 1.73.